The quantitative estimate of drug-likeness (QED) is 0.366. The van der Waals surface area contributed by atoms with E-state index in [9.17, 15) is 0 Å². The van der Waals surface area contributed by atoms with Crippen LogP contribution in [0.2, 0.25) is 13.1 Å². The topological polar surface area (TPSA) is 0 Å². The second-order valence-corrected chi connectivity index (χ2v) is 9.98. The van der Waals surface area contributed by atoms with Gasteiger partial charge in [0.1, 0.15) is 0 Å². The normalized spacial score (nSPS) is 9.92. The molecular formula is C22H38Cl2SiZr. The third kappa shape index (κ3) is 14.4. The first-order valence-electron chi connectivity index (χ1n) is 8.89. The zero-order valence-corrected chi connectivity index (χ0v) is 23.8. The summed E-state index contributed by atoms with van der Waals surface area (Å²) >= 11 is 0. The fourth-order valence-electron chi connectivity index (χ4n) is 2.06. The van der Waals surface area contributed by atoms with Crippen LogP contribution in [0.3, 0.4) is 0 Å². The predicted octanol–water partition coefficient (Wildman–Crippen LogP) is 0.280. The minimum atomic E-state index is 0. The number of hydrogen-bond acceptors (Lipinski definition) is 0. The van der Waals surface area contributed by atoms with Crippen molar-refractivity contribution in [2.75, 3.05) is 0 Å². The van der Waals surface area contributed by atoms with Gasteiger partial charge in [0.15, 0.2) is 0 Å². The van der Waals surface area contributed by atoms with Gasteiger partial charge in [-0.2, -0.15) is 46.5 Å². The first-order chi connectivity index (χ1) is 10.4. The van der Waals surface area contributed by atoms with Crippen molar-refractivity contribution in [3.63, 3.8) is 0 Å². The molecule has 0 aliphatic heterocycles. The monoisotopic (exact) mass is 490 g/mol. The number of hydrogen-bond donors (Lipinski definition) is 0. The number of aryl methyl sites for hydroxylation is 2. The Labute approximate surface area is 197 Å². The van der Waals surface area contributed by atoms with Gasteiger partial charge in [0.25, 0.3) is 0 Å². The van der Waals surface area contributed by atoms with Gasteiger partial charge in [-0.3, -0.25) is 0 Å². The van der Waals surface area contributed by atoms with Gasteiger partial charge in [-0.1, -0.05) is 79.3 Å². The summed E-state index contributed by atoms with van der Waals surface area (Å²) in [5.74, 6) is 0. The van der Waals surface area contributed by atoms with Gasteiger partial charge in [0.2, 0.25) is 0 Å². The smallest absolute Gasteiger partial charge is 1.00 e. The molecule has 0 unspecified atom stereocenters. The second-order valence-electron chi connectivity index (χ2n) is 8.56. The van der Waals surface area contributed by atoms with Crippen LogP contribution < -0.4 is 24.8 Å². The van der Waals surface area contributed by atoms with E-state index in [0.717, 1.165) is 0 Å². The zero-order valence-electron chi connectivity index (χ0n) is 18.4. The summed E-state index contributed by atoms with van der Waals surface area (Å²) < 4.78 is 0. The Balaban J connectivity index is -0.000000147. The van der Waals surface area contributed by atoms with Crippen LogP contribution in [0.4, 0.5) is 0 Å². The Morgan fingerprint density at radius 2 is 0.923 bits per heavy atom. The zero-order chi connectivity index (χ0) is 18.3. The molecule has 0 aliphatic rings. The molecule has 0 amide bonds. The molecule has 0 aromatic heterocycles. The van der Waals surface area contributed by atoms with Crippen LogP contribution in [-0.4, -0.2) is 9.52 Å². The molecule has 0 nitrogen and oxygen atoms in total. The third-order valence-electron chi connectivity index (χ3n) is 3.55. The van der Waals surface area contributed by atoms with Crippen molar-refractivity contribution < 1.29 is 51.0 Å². The Kier molecular flexibility index (Phi) is 20.0. The van der Waals surface area contributed by atoms with Crippen LogP contribution in [0.5, 0.6) is 0 Å². The molecule has 2 aromatic carbocycles. The van der Waals surface area contributed by atoms with Crippen LogP contribution in [0, 0.1) is 13.8 Å². The number of rotatable bonds is 0. The molecule has 0 radical (unpaired) electrons. The van der Waals surface area contributed by atoms with E-state index in [1.807, 2.05) is 0 Å². The molecule has 0 saturated carbocycles. The van der Waals surface area contributed by atoms with E-state index < -0.39 is 0 Å². The Hall–Kier alpha value is 0.380. The maximum atomic E-state index is 2.26. The summed E-state index contributed by atoms with van der Waals surface area (Å²) in [6, 6.07) is 13.2. The van der Waals surface area contributed by atoms with Crippen molar-refractivity contribution in [3.05, 3.63) is 58.7 Å². The molecule has 0 N–H and O–H groups in total. The minimum absolute atomic E-state index is 0. The summed E-state index contributed by atoms with van der Waals surface area (Å²) in [6.45, 7) is 22.2. The molecule has 0 fully saturated rings. The summed E-state index contributed by atoms with van der Waals surface area (Å²) in [7, 11) is 0.417. The molecule has 0 bridgehead atoms. The molecule has 2 aromatic rings. The molecule has 0 aliphatic carbocycles. The van der Waals surface area contributed by atoms with Gasteiger partial charge >= 0.3 is 26.2 Å². The summed E-state index contributed by atoms with van der Waals surface area (Å²) in [5, 5.41) is 0. The molecule has 0 saturated heterocycles. The van der Waals surface area contributed by atoms with E-state index in [1.165, 1.54) is 22.3 Å². The molecule has 2 rings (SSSR count). The van der Waals surface area contributed by atoms with E-state index in [0.29, 0.717) is 20.3 Å². The van der Waals surface area contributed by atoms with E-state index in [2.05, 4.69) is 105 Å². The fraction of sp³-hybridized carbons (Fsp3) is 0.545. The maximum absolute atomic E-state index is 2.26. The summed E-state index contributed by atoms with van der Waals surface area (Å²) in [4.78, 5) is 0. The molecular weight excluding hydrogens is 454 g/mol. The van der Waals surface area contributed by atoms with Crippen molar-refractivity contribution in [3.8, 4) is 0 Å². The van der Waals surface area contributed by atoms with Gasteiger partial charge in [0.05, 0.1) is 0 Å². The van der Waals surface area contributed by atoms with Crippen molar-refractivity contribution in [2.24, 2.45) is 0 Å². The standard InChI is InChI=1S/2C10H15.C2H8Si.2ClH.Zr/c2*1-8-5-6-9(7-8)10(2,3)4;1-3-2;;;/h2*5-7H,1-4H3;3H2,1-2H3;2*1H;/q2*-1;;;;+4/p-2. The molecule has 26 heavy (non-hydrogen) atoms. The van der Waals surface area contributed by atoms with Crippen LogP contribution in [0.1, 0.15) is 63.8 Å². The van der Waals surface area contributed by atoms with Crippen molar-refractivity contribution in [2.45, 2.75) is 79.3 Å². The first kappa shape index (κ1) is 33.9. The second kappa shape index (κ2) is 15.3. The van der Waals surface area contributed by atoms with Gasteiger partial charge in [-0.15, -0.1) is 0 Å². The van der Waals surface area contributed by atoms with E-state index in [-0.39, 0.29) is 51.0 Å². The van der Waals surface area contributed by atoms with E-state index >= 15 is 0 Å². The van der Waals surface area contributed by atoms with E-state index in [4.69, 9.17) is 0 Å². The van der Waals surface area contributed by atoms with Crippen molar-refractivity contribution in [1.29, 1.82) is 0 Å². The molecule has 0 atom stereocenters. The van der Waals surface area contributed by atoms with Gasteiger partial charge in [-0.05, 0) is 0 Å². The number of halogens is 2. The van der Waals surface area contributed by atoms with Gasteiger partial charge in [0, 0.05) is 9.52 Å². The summed E-state index contributed by atoms with van der Waals surface area (Å²) in [6.07, 6.45) is 0. The molecule has 0 spiro atoms. The Morgan fingerprint density at radius 3 is 1.00 bits per heavy atom. The average Bonchev–Trinajstić information content (AvgIpc) is 2.98. The predicted molar refractivity (Wildman–Crippen MR) is 111 cm³/mol. The Bertz CT molecular complexity index is 507. The SMILES string of the molecule is C[SiH2]C.Cc1cc(C(C)(C)C)c[cH-]1.Cc1cc(C(C)(C)C)c[cH-]1.[Cl-].[Cl-].[Zr+4]. The van der Waals surface area contributed by atoms with Crippen molar-refractivity contribution >= 4 is 9.52 Å². The molecule has 4 heteroatoms. The third-order valence-corrected chi connectivity index (χ3v) is 3.55. The molecule has 0 heterocycles. The Morgan fingerprint density at radius 1 is 0.692 bits per heavy atom. The van der Waals surface area contributed by atoms with Crippen LogP contribution in [-0.2, 0) is 37.0 Å². The van der Waals surface area contributed by atoms with Crippen LogP contribution in [0.25, 0.3) is 0 Å². The van der Waals surface area contributed by atoms with E-state index in [1.54, 1.807) is 0 Å². The van der Waals surface area contributed by atoms with Gasteiger partial charge in [-0.25, -0.2) is 12.1 Å². The first-order valence-corrected chi connectivity index (χ1v) is 11.7. The van der Waals surface area contributed by atoms with Crippen LogP contribution >= 0.6 is 0 Å². The average molecular weight is 493 g/mol. The minimum Gasteiger partial charge on any atom is -1.00 e. The van der Waals surface area contributed by atoms with Crippen LogP contribution in [0.15, 0.2) is 36.4 Å². The fourth-order valence-corrected chi connectivity index (χ4v) is 2.06. The van der Waals surface area contributed by atoms with Gasteiger partial charge < -0.3 is 24.8 Å². The van der Waals surface area contributed by atoms with Crippen molar-refractivity contribution in [1.82, 2.24) is 0 Å². The maximum Gasteiger partial charge on any atom is 4.00 e. The molecule has 148 valence electrons. The largest absolute Gasteiger partial charge is 4.00 e. The summed E-state index contributed by atoms with van der Waals surface area (Å²) in [5.41, 5.74) is 6.23.